The van der Waals surface area contributed by atoms with Gasteiger partial charge in [0.15, 0.2) is 0 Å². The lowest BCUT2D eigenvalue weighted by atomic mass is 10.2. The van der Waals surface area contributed by atoms with E-state index in [4.69, 9.17) is 16.3 Å². The summed E-state index contributed by atoms with van der Waals surface area (Å²) in [5.74, 6) is -0.555. The minimum Gasteiger partial charge on any atom is -0.438 e. The van der Waals surface area contributed by atoms with Crippen LogP contribution < -0.4 is 10.3 Å². The molecular formula is C24H15ClFN3O4S. The molecule has 0 aliphatic heterocycles. The quantitative estimate of drug-likeness (QED) is 0.364. The lowest BCUT2D eigenvalue weighted by Crippen LogP contribution is -2.20. The summed E-state index contributed by atoms with van der Waals surface area (Å²) >= 11 is 5.83. The van der Waals surface area contributed by atoms with E-state index in [-0.39, 0.29) is 27.7 Å². The molecule has 0 N–H and O–H groups in total. The Bertz CT molecular complexity index is 1640. The lowest BCUT2D eigenvalue weighted by molar-refractivity contribution is 0.459. The predicted molar refractivity (Wildman–Crippen MR) is 125 cm³/mol. The first-order chi connectivity index (χ1) is 16.2. The summed E-state index contributed by atoms with van der Waals surface area (Å²) in [5.41, 5.74) is 0.0283. The second kappa shape index (κ2) is 9.09. The zero-order chi connectivity index (χ0) is 24.5. The monoisotopic (exact) mass is 495 g/mol. The fraction of sp³-hybridized carbons (Fsp3) is 0.0417. The van der Waals surface area contributed by atoms with Gasteiger partial charge in [-0.1, -0.05) is 17.7 Å². The van der Waals surface area contributed by atoms with Crippen molar-refractivity contribution in [1.29, 1.82) is 5.26 Å². The van der Waals surface area contributed by atoms with Crippen molar-refractivity contribution in [2.24, 2.45) is 0 Å². The molecule has 0 unspecified atom stereocenters. The largest absolute Gasteiger partial charge is 0.438 e. The van der Waals surface area contributed by atoms with Crippen LogP contribution in [0.25, 0.3) is 11.7 Å². The van der Waals surface area contributed by atoms with Crippen LogP contribution in [0.2, 0.25) is 5.02 Å². The zero-order valence-corrected chi connectivity index (χ0v) is 19.1. The molecule has 0 bridgehead atoms. The highest BCUT2D eigenvalue weighted by Crippen LogP contribution is 2.28. The summed E-state index contributed by atoms with van der Waals surface area (Å²) in [6.07, 6.45) is 2.39. The van der Waals surface area contributed by atoms with Gasteiger partial charge in [-0.25, -0.2) is 12.8 Å². The Labute approximate surface area is 198 Å². The van der Waals surface area contributed by atoms with E-state index in [1.165, 1.54) is 47.0 Å². The van der Waals surface area contributed by atoms with Gasteiger partial charge in [0, 0.05) is 11.2 Å². The van der Waals surface area contributed by atoms with Gasteiger partial charge in [-0.15, -0.1) is 0 Å². The summed E-state index contributed by atoms with van der Waals surface area (Å²) in [4.78, 5) is 16.8. The molecule has 0 saturated heterocycles. The molecule has 0 amide bonds. The third kappa shape index (κ3) is 4.41. The van der Waals surface area contributed by atoms with Crippen LogP contribution in [-0.4, -0.2) is 17.8 Å². The Hall–Kier alpha value is -4.00. The number of allylic oxidation sites excluding steroid dienone is 1. The van der Waals surface area contributed by atoms with Gasteiger partial charge in [0.05, 0.1) is 4.90 Å². The number of hydrogen-bond donors (Lipinski definition) is 0. The van der Waals surface area contributed by atoms with E-state index < -0.39 is 26.1 Å². The molecule has 10 heteroatoms. The second-order valence-corrected chi connectivity index (χ2v) is 9.51. The number of aryl methyl sites for hydroxylation is 1. The number of aromatic nitrogens is 2. The maximum atomic E-state index is 13.3. The number of halogens is 2. The fourth-order valence-corrected chi connectivity index (χ4v) is 4.42. The van der Waals surface area contributed by atoms with Crippen molar-refractivity contribution in [2.75, 3.05) is 0 Å². The fourth-order valence-electron chi connectivity index (χ4n) is 3.15. The van der Waals surface area contributed by atoms with Crippen LogP contribution in [0.4, 0.5) is 4.39 Å². The van der Waals surface area contributed by atoms with Gasteiger partial charge in [-0.05, 0) is 73.2 Å². The first-order valence-corrected chi connectivity index (χ1v) is 11.6. The third-order valence-electron chi connectivity index (χ3n) is 4.88. The summed E-state index contributed by atoms with van der Waals surface area (Å²) < 4.78 is 46.4. The molecule has 0 aliphatic carbocycles. The first kappa shape index (κ1) is 23.2. The molecule has 0 atom stereocenters. The SMILES string of the molecule is Cc1cccn2c(=O)c(/C=C(/C#N)S(=O)(=O)c3ccc(Cl)cc3)c(Oc3ccc(F)cc3)nc12. The van der Waals surface area contributed by atoms with Crippen molar-refractivity contribution in [2.45, 2.75) is 11.8 Å². The molecule has 170 valence electrons. The number of fused-ring (bicyclic) bond motifs is 1. The molecule has 0 fully saturated rings. The van der Waals surface area contributed by atoms with Gasteiger partial charge in [0.1, 0.15) is 33.8 Å². The number of nitrogens with zero attached hydrogens (tertiary/aromatic N) is 3. The molecule has 4 rings (SSSR count). The van der Waals surface area contributed by atoms with Crippen molar-refractivity contribution in [3.8, 4) is 17.7 Å². The van der Waals surface area contributed by atoms with Gasteiger partial charge in [0.25, 0.3) is 5.56 Å². The van der Waals surface area contributed by atoms with E-state index in [1.54, 1.807) is 25.1 Å². The highest BCUT2D eigenvalue weighted by Gasteiger charge is 2.24. The number of nitriles is 1. The van der Waals surface area contributed by atoms with E-state index in [0.29, 0.717) is 10.6 Å². The molecule has 4 aromatic rings. The summed E-state index contributed by atoms with van der Waals surface area (Å²) in [7, 11) is -4.28. The Morgan fingerprint density at radius 2 is 1.82 bits per heavy atom. The van der Waals surface area contributed by atoms with E-state index >= 15 is 0 Å². The van der Waals surface area contributed by atoms with Crippen LogP contribution in [0, 0.1) is 24.1 Å². The Morgan fingerprint density at radius 1 is 1.15 bits per heavy atom. The number of rotatable bonds is 5. The number of sulfone groups is 1. The van der Waals surface area contributed by atoms with Gasteiger partial charge in [0.2, 0.25) is 15.7 Å². The zero-order valence-electron chi connectivity index (χ0n) is 17.6. The van der Waals surface area contributed by atoms with Crippen molar-refractivity contribution < 1.29 is 17.5 Å². The average Bonchev–Trinajstić information content (AvgIpc) is 2.81. The van der Waals surface area contributed by atoms with Crippen LogP contribution in [0.1, 0.15) is 11.1 Å². The van der Waals surface area contributed by atoms with Crippen molar-refractivity contribution in [3.63, 3.8) is 0 Å². The van der Waals surface area contributed by atoms with Crippen LogP contribution in [-0.2, 0) is 9.84 Å². The van der Waals surface area contributed by atoms with Crippen LogP contribution in [0.15, 0.2) is 81.5 Å². The molecule has 34 heavy (non-hydrogen) atoms. The molecular weight excluding hydrogens is 481 g/mol. The normalized spacial score (nSPS) is 11.9. The minimum atomic E-state index is -4.28. The predicted octanol–water partition coefficient (Wildman–Crippen LogP) is 4.93. The standard InChI is InChI=1S/C24H15ClFN3O4S/c1-15-3-2-12-29-22(15)28-23(33-18-8-6-17(26)7-9-18)21(24(29)30)13-20(14-27)34(31,32)19-10-4-16(25)5-11-19/h2-13H,1H3/b20-13-. The van der Waals surface area contributed by atoms with E-state index in [1.807, 2.05) is 0 Å². The summed E-state index contributed by atoms with van der Waals surface area (Å²) in [5, 5.41) is 9.99. The smallest absolute Gasteiger partial charge is 0.269 e. The second-order valence-electron chi connectivity index (χ2n) is 7.15. The van der Waals surface area contributed by atoms with Gasteiger partial charge in [-0.3, -0.25) is 9.20 Å². The van der Waals surface area contributed by atoms with Crippen LogP contribution >= 0.6 is 11.6 Å². The van der Waals surface area contributed by atoms with Gasteiger partial charge < -0.3 is 4.74 Å². The van der Waals surface area contributed by atoms with Crippen molar-refractivity contribution in [3.05, 3.63) is 104 Å². The first-order valence-electron chi connectivity index (χ1n) is 9.78. The number of benzene rings is 2. The Balaban J connectivity index is 1.95. The van der Waals surface area contributed by atoms with Gasteiger partial charge >= 0.3 is 0 Å². The van der Waals surface area contributed by atoms with Crippen molar-refractivity contribution >= 4 is 33.2 Å². The molecule has 2 aromatic carbocycles. The average molecular weight is 496 g/mol. The number of pyridine rings is 1. The molecule has 0 saturated carbocycles. The third-order valence-corrected chi connectivity index (χ3v) is 6.81. The van der Waals surface area contributed by atoms with E-state index in [2.05, 4.69) is 4.98 Å². The molecule has 7 nitrogen and oxygen atoms in total. The number of ether oxygens (including phenoxy) is 1. The molecule has 0 spiro atoms. The minimum absolute atomic E-state index is 0.167. The molecule has 2 heterocycles. The van der Waals surface area contributed by atoms with Crippen LogP contribution in [0.3, 0.4) is 0 Å². The van der Waals surface area contributed by atoms with E-state index in [0.717, 1.165) is 18.2 Å². The van der Waals surface area contributed by atoms with Crippen LogP contribution in [0.5, 0.6) is 11.6 Å². The number of hydrogen-bond acceptors (Lipinski definition) is 6. The Morgan fingerprint density at radius 3 is 2.47 bits per heavy atom. The Kier molecular flexibility index (Phi) is 6.20. The molecule has 0 radical (unpaired) electrons. The molecule has 0 aliphatic rings. The van der Waals surface area contributed by atoms with E-state index in [9.17, 15) is 22.9 Å². The lowest BCUT2D eigenvalue weighted by Gasteiger charge is -2.11. The van der Waals surface area contributed by atoms with Gasteiger partial charge in [-0.2, -0.15) is 10.2 Å². The van der Waals surface area contributed by atoms with Crippen molar-refractivity contribution in [1.82, 2.24) is 9.38 Å². The highest BCUT2D eigenvalue weighted by atomic mass is 35.5. The summed E-state index contributed by atoms with van der Waals surface area (Å²) in [6.45, 7) is 1.74. The topological polar surface area (TPSA) is 102 Å². The maximum absolute atomic E-state index is 13.3. The summed E-state index contributed by atoms with van der Waals surface area (Å²) in [6, 6.07) is 15.3. The highest BCUT2D eigenvalue weighted by molar-refractivity contribution is 7.95. The maximum Gasteiger partial charge on any atom is 0.269 e. The molecule has 2 aromatic heterocycles.